The first-order valence-corrected chi connectivity index (χ1v) is 8.92. The van der Waals surface area contributed by atoms with Gasteiger partial charge in [0.25, 0.3) is 0 Å². The molecule has 0 N–H and O–H groups in total. The van der Waals surface area contributed by atoms with Crippen LogP contribution in [0.1, 0.15) is 26.7 Å². The van der Waals surface area contributed by atoms with Gasteiger partial charge in [0.2, 0.25) is 5.91 Å². The lowest BCUT2D eigenvalue weighted by Crippen LogP contribution is -2.61. The summed E-state index contributed by atoms with van der Waals surface area (Å²) >= 11 is 0. The van der Waals surface area contributed by atoms with Gasteiger partial charge in [0, 0.05) is 44.8 Å². The minimum Gasteiger partial charge on any atom is -0.381 e. The van der Waals surface area contributed by atoms with Crippen molar-refractivity contribution in [3.8, 4) is 0 Å². The van der Waals surface area contributed by atoms with Crippen LogP contribution in [0.3, 0.4) is 0 Å². The topological polar surface area (TPSA) is 51.2 Å². The van der Waals surface area contributed by atoms with Crippen LogP contribution in [0.4, 0.5) is 0 Å². The first-order chi connectivity index (χ1) is 11.1. The summed E-state index contributed by atoms with van der Waals surface area (Å²) < 4.78 is 17.3. The zero-order valence-electron chi connectivity index (χ0n) is 14.5. The van der Waals surface area contributed by atoms with E-state index in [1.54, 1.807) is 0 Å². The standard InChI is InChI=1S/C17H30N2O4/c1-14(2)18-5-9-22-13-17(11-18)12-19(6-10-23-17)16(20)15-3-7-21-8-4-15/h14-15H,3-13H2,1-2H3/t17-/m0/s1. The minimum absolute atomic E-state index is 0.117. The smallest absolute Gasteiger partial charge is 0.226 e. The quantitative estimate of drug-likeness (QED) is 0.750. The van der Waals surface area contributed by atoms with Crippen LogP contribution >= 0.6 is 0 Å². The molecule has 3 heterocycles. The van der Waals surface area contributed by atoms with Crippen LogP contribution in [0.5, 0.6) is 0 Å². The molecule has 23 heavy (non-hydrogen) atoms. The second kappa shape index (κ2) is 7.47. The van der Waals surface area contributed by atoms with Gasteiger partial charge in [-0.05, 0) is 26.7 Å². The lowest BCUT2D eigenvalue weighted by atomic mass is 9.95. The number of amides is 1. The molecule has 3 fully saturated rings. The Morgan fingerprint density at radius 3 is 2.57 bits per heavy atom. The average molecular weight is 326 g/mol. The Labute approximate surface area is 139 Å². The van der Waals surface area contributed by atoms with Crippen LogP contribution in [0, 0.1) is 5.92 Å². The Morgan fingerprint density at radius 2 is 1.83 bits per heavy atom. The third-order valence-electron chi connectivity index (χ3n) is 5.24. The minimum atomic E-state index is -0.375. The van der Waals surface area contributed by atoms with E-state index >= 15 is 0 Å². The van der Waals surface area contributed by atoms with Gasteiger partial charge in [-0.1, -0.05) is 0 Å². The maximum atomic E-state index is 12.8. The third kappa shape index (κ3) is 4.05. The second-order valence-electron chi connectivity index (χ2n) is 7.29. The van der Waals surface area contributed by atoms with E-state index in [4.69, 9.17) is 14.2 Å². The number of hydrogen-bond donors (Lipinski definition) is 0. The molecule has 0 radical (unpaired) electrons. The Bertz CT molecular complexity index is 411. The molecular formula is C17H30N2O4. The van der Waals surface area contributed by atoms with Gasteiger partial charge >= 0.3 is 0 Å². The highest BCUT2D eigenvalue weighted by Crippen LogP contribution is 2.26. The summed E-state index contributed by atoms with van der Waals surface area (Å²) in [4.78, 5) is 17.2. The van der Waals surface area contributed by atoms with E-state index in [0.717, 1.165) is 32.5 Å². The number of carbonyl (C=O) groups excluding carboxylic acids is 1. The fourth-order valence-electron chi connectivity index (χ4n) is 3.79. The van der Waals surface area contributed by atoms with Crippen molar-refractivity contribution in [3.63, 3.8) is 0 Å². The molecule has 6 heteroatoms. The lowest BCUT2D eigenvalue weighted by molar-refractivity contribution is -0.167. The third-order valence-corrected chi connectivity index (χ3v) is 5.24. The summed E-state index contributed by atoms with van der Waals surface area (Å²) in [6, 6.07) is 0.457. The van der Waals surface area contributed by atoms with E-state index in [1.807, 2.05) is 4.90 Å². The van der Waals surface area contributed by atoms with Crippen LogP contribution < -0.4 is 0 Å². The predicted octanol–water partition coefficient (Wildman–Crippen LogP) is 0.751. The van der Waals surface area contributed by atoms with Gasteiger partial charge in [-0.3, -0.25) is 9.69 Å². The molecule has 3 aliphatic heterocycles. The van der Waals surface area contributed by atoms with Crippen LogP contribution in [0.15, 0.2) is 0 Å². The van der Waals surface area contributed by atoms with Crippen molar-refractivity contribution in [1.29, 1.82) is 0 Å². The van der Waals surface area contributed by atoms with E-state index in [0.29, 0.717) is 45.6 Å². The van der Waals surface area contributed by atoms with Crippen LogP contribution in [0.2, 0.25) is 0 Å². The Morgan fingerprint density at radius 1 is 1.04 bits per heavy atom. The van der Waals surface area contributed by atoms with Gasteiger partial charge in [-0.2, -0.15) is 0 Å². The Hall–Kier alpha value is -0.690. The molecule has 132 valence electrons. The summed E-state index contributed by atoms with van der Waals surface area (Å²) in [5.41, 5.74) is -0.375. The summed E-state index contributed by atoms with van der Waals surface area (Å²) in [5, 5.41) is 0. The first-order valence-electron chi connectivity index (χ1n) is 8.92. The molecule has 0 aromatic heterocycles. The number of morpholine rings is 1. The summed E-state index contributed by atoms with van der Waals surface area (Å²) in [6.07, 6.45) is 1.69. The van der Waals surface area contributed by atoms with Crippen LogP contribution in [-0.2, 0) is 19.0 Å². The molecule has 0 aliphatic carbocycles. The molecule has 0 aromatic carbocycles. The number of hydrogen-bond acceptors (Lipinski definition) is 5. The molecule has 0 bridgehead atoms. The predicted molar refractivity (Wildman–Crippen MR) is 86.3 cm³/mol. The first kappa shape index (κ1) is 17.1. The number of ether oxygens (including phenoxy) is 3. The normalized spacial score (nSPS) is 31.5. The van der Waals surface area contributed by atoms with Gasteiger partial charge < -0.3 is 19.1 Å². The maximum Gasteiger partial charge on any atom is 0.226 e. The summed E-state index contributed by atoms with van der Waals surface area (Å²) in [7, 11) is 0. The largest absolute Gasteiger partial charge is 0.381 e. The van der Waals surface area contributed by atoms with E-state index in [2.05, 4.69) is 18.7 Å². The maximum absolute atomic E-state index is 12.8. The molecule has 1 spiro atoms. The Kier molecular flexibility index (Phi) is 5.57. The molecule has 1 atom stereocenters. The van der Waals surface area contributed by atoms with Gasteiger partial charge in [0.15, 0.2) is 0 Å². The zero-order valence-corrected chi connectivity index (χ0v) is 14.5. The fraction of sp³-hybridized carbons (Fsp3) is 0.941. The van der Waals surface area contributed by atoms with E-state index in [1.165, 1.54) is 0 Å². The van der Waals surface area contributed by atoms with Gasteiger partial charge in [-0.15, -0.1) is 0 Å². The Balaban J connectivity index is 1.67. The highest BCUT2D eigenvalue weighted by atomic mass is 16.5. The lowest BCUT2D eigenvalue weighted by Gasteiger charge is -2.45. The average Bonchev–Trinajstić information content (AvgIpc) is 2.78. The zero-order chi connectivity index (χ0) is 16.3. The van der Waals surface area contributed by atoms with Crippen molar-refractivity contribution >= 4 is 5.91 Å². The summed E-state index contributed by atoms with van der Waals surface area (Å²) in [5.74, 6) is 0.392. The number of nitrogens with zero attached hydrogens (tertiary/aromatic N) is 2. The molecule has 1 amide bonds. The monoisotopic (exact) mass is 326 g/mol. The van der Waals surface area contributed by atoms with Crippen molar-refractivity contribution in [3.05, 3.63) is 0 Å². The fourth-order valence-corrected chi connectivity index (χ4v) is 3.79. The molecular weight excluding hydrogens is 296 g/mol. The highest BCUT2D eigenvalue weighted by molar-refractivity contribution is 5.79. The molecule has 0 aromatic rings. The number of carbonyl (C=O) groups is 1. The molecule has 6 nitrogen and oxygen atoms in total. The van der Waals surface area contributed by atoms with E-state index in [-0.39, 0.29) is 17.4 Å². The molecule has 0 unspecified atom stereocenters. The van der Waals surface area contributed by atoms with Crippen molar-refractivity contribution in [2.75, 3.05) is 59.2 Å². The SMILES string of the molecule is CC(C)N1CCOC[C@@]2(CN(C(=O)C3CCOCC3)CCO2)C1. The van der Waals surface area contributed by atoms with E-state index < -0.39 is 0 Å². The van der Waals surface area contributed by atoms with E-state index in [9.17, 15) is 4.79 Å². The van der Waals surface area contributed by atoms with Crippen molar-refractivity contribution in [2.45, 2.75) is 38.3 Å². The van der Waals surface area contributed by atoms with Crippen molar-refractivity contribution in [2.24, 2.45) is 5.92 Å². The molecule has 3 saturated heterocycles. The van der Waals surface area contributed by atoms with Gasteiger partial charge in [-0.25, -0.2) is 0 Å². The molecule has 0 saturated carbocycles. The molecule has 3 aliphatic rings. The summed E-state index contributed by atoms with van der Waals surface area (Å²) in [6.45, 7) is 10.8. The van der Waals surface area contributed by atoms with Crippen molar-refractivity contribution in [1.82, 2.24) is 9.80 Å². The van der Waals surface area contributed by atoms with Crippen LogP contribution in [-0.4, -0.2) is 86.6 Å². The van der Waals surface area contributed by atoms with Gasteiger partial charge in [0.1, 0.15) is 5.60 Å². The van der Waals surface area contributed by atoms with Gasteiger partial charge in [0.05, 0.1) is 26.4 Å². The molecule has 3 rings (SSSR count). The van der Waals surface area contributed by atoms with Crippen molar-refractivity contribution < 1.29 is 19.0 Å². The van der Waals surface area contributed by atoms with Crippen LogP contribution in [0.25, 0.3) is 0 Å². The second-order valence-corrected chi connectivity index (χ2v) is 7.29. The highest BCUT2D eigenvalue weighted by Gasteiger charge is 2.43. The number of rotatable bonds is 2.